The van der Waals surface area contributed by atoms with Gasteiger partial charge in [-0.2, -0.15) is 5.10 Å². The van der Waals surface area contributed by atoms with Gasteiger partial charge in [0, 0.05) is 25.4 Å². The van der Waals surface area contributed by atoms with Gasteiger partial charge in [-0.15, -0.1) is 0 Å². The Morgan fingerprint density at radius 3 is 2.80 bits per heavy atom. The van der Waals surface area contributed by atoms with E-state index >= 15 is 0 Å². The second kappa shape index (κ2) is 3.87. The van der Waals surface area contributed by atoms with Gasteiger partial charge in [-0.05, 0) is 29.7 Å². The number of nitrogens with zero attached hydrogens (tertiary/aromatic N) is 2. The van der Waals surface area contributed by atoms with E-state index in [1.54, 1.807) is 0 Å². The fourth-order valence-corrected chi connectivity index (χ4v) is 1.67. The maximum Gasteiger partial charge on any atom is 0.0568 e. The lowest BCUT2D eigenvalue weighted by atomic mass is 10.0. The van der Waals surface area contributed by atoms with E-state index in [-0.39, 0.29) is 0 Å². The molecule has 2 aromatic rings. The van der Waals surface area contributed by atoms with E-state index in [2.05, 4.69) is 30.2 Å². The van der Waals surface area contributed by atoms with E-state index in [9.17, 15) is 0 Å². The van der Waals surface area contributed by atoms with Gasteiger partial charge in [0.15, 0.2) is 0 Å². The summed E-state index contributed by atoms with van der Waals surface area (Å²) in [6.07, 6.45) is 3.89. The zero-order valence-corrected chi connectivity index (χ0v) is 9.07. The van der Waals surface area contributed by atoms with E-state index < -0.39 is 0 Å². The number of hydrogen-bond acceptors (Lipinski definition) is 2. The third-order valence-corrected chi connectivity index (χ3v) is 2.55. The van der Waals surface area contributed by atoms with Crippen LogP contribution in [0.1, 0.15) is 11.1 Å². The molecule has 2 rings (SSSR count). The molecule has 0 atom stereocenters. The zero-order chi connectivity index (χ0) is 10.8. The summed E-state index contributed by atoms with van der Waals surface area (Å²) in [7, 11) is 1.92. The Labute approximate surface area is 89.5 Å². The van der Waals surface area contributed by atoms with Crippen molar-refractivity contribution in [3.63, 3.8) is 0 Å². The van der Waals surface area contributed by atoms with Crippen LogP contribution in [-0.4, -0.2) is 9.78 Å². The number of hydrogen-bond donors (Lipinski definition) is 1. The monoisotopic (exact) mass is 201 g/mol. The van der Waals surface area contributed by atoms with Crippen molar-refractivity contribution in [3.8, 4) is 11.1 Å². The molecule has 0 saturated heterocycles. The van der Waals surface area contributed by atoms with Crippen LogP contribution in [0.25, 0.3) is 11.1 Å². The molecule has 3 nitrogen and oxygen atoms in total. The SMILES string of the molecule is Cc1ccc(CN)cc1-c1cnn(C)c1. The van der Waals surface area contributed by atoms with E-state index in [1.165, 1.54) is 11.1 Å². The Balaban J connectivity index is 2.51. The van der Waals surface area contributed by atoms with Crippen LogP contribution >= 0.6 is 0 Å². The molecular formula is C12H15N3. The van der Waals surface area contributed by atoms with Crippen molar-refractivity contribution in [1.82, 2.24) is 9.78 Å². The van der Waals surface area contributed by atoms with Crippen molar-refractivity contribution in [2.24, 2.45) is 12.8 Å². The number of aryl methyl sites for hydroxylation is 2. The van der Waals surface area contributed by atoms with Crippen molar-refractivity contribution < 1.29 is 0 Å². The van der Waals surface area contributed by atoms with Gasteiger partial charge in [0.05, 0.1) is 6.20 Å². The van der Waals surface area contributed by atoms with E-state index in [4.69, 9.17) is 5.73 Å². The molecule has 0 radical (unpaired) electrons. The van der Waals surface area contributed by atoms with Gasteiger partial charge in [0.1, 0.15) is 0 Å². The van der Waals surface area contributed by atoms with Gasteiger partial charge >= 0.3 is 0 Å². The number of nitrogens with two attached hydrogens (primary N) is 1. The first-order valence-corrected chi connectivity index (χ1v) is 4.99. The van der Waals surface area contributed by atoms with Gasteiger partial charge in [0.2, 0.25) is 0 Å². The van der Waals surface area contributed by atoms with Crippen molar-refractivity contribution in [1.29, 1.82) is 0 Å². The van der Waals surface area contributed by atoms with Crippen LogP contribution in [0.15, 0.2) is 30.6 Å². The summed E-state index contributed by atoms with van der Waals surface area (Å²) >= 11 is 0. The first-order chi connectivity index (χ1) is 7.20. The molecule has 0 bridgehead atoms. The molecule has 0 unspecified atom stereocenters. The first-order valence-electron chi connectivity index (χ1n) is 4.99. The third kappa shape index (κ3) is 1.92. The first kappa shape index (κ1) is 9.93. The van der Waals surface area contributed by atoms with Crippen LogP contribution in [0.3, 0.4) is 0 Å². The molecule has 0 aliphatic rings. The number of benzene rings is 1. The maximum absolute atomic E-state index is 5.63. The summed E-state index contributed by atoms with van der Waals surface area (Å²) in [5, 5.41) is 4.18. The van der Waals surface area contributed by atoms with Gasteiger partial charge in [-0.1, -0.05) is 12.1 Å². The topological polar surface area (TPSA) is 43.8 Å². The van der Waals surface area contributed by atoms with Gasteiger partial charge in [0.25, 0.3) is 0 Å². The quantitative estimate of drug-likeness (QED) is 0.806. The molecular weight excluding hydrogens is 186 g/mol. The van der Waals surface area contributed by atoms with Gasteiger partial charge < -0.3 is 5.73 Å². The van der Waals surface area contributed by atoms with Crippen LogP contribution in [0.4, 0.5) is 0 Å². The minimum Gasteiger partial charge on any atom is -0.326 e. The fourth-order valence-electron chi connectivity index (χ4n) is 1.67. The number of rotatable bonds is 2. The van der Waals surface area contributed by atoms with E-state index in [0.29, 0.717) is 6.54 Å². The van der Waals surface area contributed by atoms with Crippen molar-refractivity contribution in [2.75, 3.05) is 0 Å². The predicted molar refractivity (Wildman–Crippen MR) is 61.3 cm³/mol. The van der Waals surface area contributed by atoms with Crippen molar-refractivity contribution >= 4 is 0 Å². The average molecular weight is 201 g/mol. The lowest BCUT2D eigenvalue weighted by Crippen LogP contribution is -1.96. The Morgan fingerprint density at radius 1 is 1.40 bits per heavy atom. The second-order valence-corrected chi connectivity index (χ2v) is 3.76. The van der Waals surface area contributed by atoms with Crippen LogP contribution in [-0.2, 0) is 13.6 Å². The Bertz CT molecular complexity index is 471. The Kier molecular flexibility index (Phi) is 2.56. The van der Waals surface area contributed by atoms with Crippen molar-refractivity contribution in [2.45, 2.75) is 13.5 Å². The molecule has 0 saturated carbocycles. The fraction of sp³-hybridized carbons (Fsp3) is 0.250. The molecule has 1 aromatic carbocycles. The summed E-state index contributed by atoms with van der Waals surface area (Å²) in [6.45, 7) is 2.68. The van der Waals surface area contributed by atoms with Crippen LogP contribution < -0.4 is 5.73 Å². The average Bonchev–Trinajstić information content (AvgIpc) is 2.65. The summed E-state index contributed by atoms with van der Waals surface area (Å²) in [5.74, 6) is 0. The third-order valence-electron chi connectivity index (χ3n) is 2.55. The molecule has 78 valence electrons. The lowest BCUT2D eigenvalue weighted by Gasteiger charge is -2.05. The Morgan fingerprint density at radius 2 is 2.20 bits per heavy atom. The molecule has 3 heteroatoms. The smallest absolute Gasteiger partial charge is 0.0568 e. The summed E-state index contributed by atoms with van der Waals surface area (Å²) in [5.41, 5.74) is 10.4. The summed E-state index contributed by atoms with van der Waals surface area (Å²) in [6, 6.07) is 6.30. The Hall–Kier alpha value is -1.61. The molecule has 2 N–H and O–H groups in total. The minimum absolute atomic E-state index is 0.577. The highest BCUT2D eigenvalue weighted by Crippen LogP contribution is 2.23. The van der Waals surface area contributed by atoms with Gasteiger partial charge in [-0.3, -0.25) is 4.68 Å². The van der Waals surface area contributed by atoms with Crippen LogP contribution in [0.2, 0.25) is 0 Å². The molecule has 0 spiro atoms. The molecule has 0 amide bonds. The van der Waals surface area contributed by atoms with Crippen LogP contribution in [0, 0.1) is 6.92 Å². The predicted octanol–water partition coefficient (Wildman–Crippen LogP) is 1.85. The maximum atomic E-state index is 5.63. The highest BCUT2D eigenvalue weighted by atomic mass is 15.2. The van der Waals surface area contributed by atoms with E-state index in [0.717, 1.165) is 11.1 Å². The largest absolute Gasteiger partial charge is 0.326 e. The molecule has 1 aromatic heterocycles. The second-order valence-electron chi connectivity index (χ2n) is 3.76. The van der Waals surface area contributed by atoms with Crippen LogP contribution in [0.5, 0.6) is 0 Å². The highest BCUT2D eigenvalue weighted by molar-refractivity contribution is 5.66. The summed E-state index contributed by atoms with van der Waals surface area (Å²) in [4.78, 5) is 0. The summed E-state index contributed by atoms with van der Waals surface area (Å²) < 4.78 is 1.81. The van der Waals surface area contributed by atoms with Gasteiger partial charge in [-0.25, -0.2) is 0 Å². The molecule has 0 aliphatic carbocycles. The molecule has 15 heavy (non-hydrogen) atoms. The molecule has 0 aliphatic heterocycles. The lowest BCUT2D eigenvalue weighted by molar-refractivity contribution is 0.768. The van der Waals surface area contributed by atoms with E-state index in [1.807, 2.05) is 24.1 Å². The molecule has 1 heterocycles. The number of aromatic nitrogens is 2. The zero-order valence-electron chi connectivity index (χ0n) is 9.07. The normalized spacial score (nSPS) is 10.6. The highest BCUT2D eigenvalue weighted by Gasteiger charge is 2.04. The standard InChI is InChI=1S/C12H15N3/c1-9-3-4-10(6-13)5-12(9)11-7-14-15(2)8-11/h3-5,7-8H,6,13H2,1-2H3. The van der Waals surface area contributed by atoms with Crippen molar-refractivity contribution in [3.05, 3.63) is 41.7 Å². The molecule has 0 fully saturated rings. The minimum atomic E-state index is 0.577.